The van der Waals surface area contributed by atoms with Crippen LogP contribution in [-0.2, 0) is 0 Å². The van der Waals surface area contributed by atoms with Gasteiger partial charge in [0.2, 0.25) is 5.82 Å². The standard InChI is InChI=1S/C26H21ClN4O2/c1-16-11-13-21(14-12-16)31-17(2)22(23(28-26(31)32)18-7-4-3-5-8-18)25-29-24(30-33-25)19-9-6-10-20(27)15-19/h3-15,23H,1-2H3,(H,28,32). The van der Waals surface area contributed by atoms with Gasteiger partial charge in [-0.1, -0.05) is 76.9 Å². The van der Waals surface area contributed by atoms with Crippen LogP contribution in [0.4, 0.5) is 10.5 Å². The average Bonchev–Trinajstić information content (AvgIpc) is 3.30. The Hall–Kier alpha value is -3.90. The van der Waals surface area contributed by atoms with E-state index >= 15 is 0 Å². The Morgan fingerprint density at radius 1 is 0.970 bits per heavy atom. The summed E-state index contributed by atoms with van der Waals surface area (Å²) in [4.78, 5) is 19.5. The second kappa shape index (κ2) is 8.56. The Morgan fingerprint density at radius 3 is 2.45 bits per heavy atom. The van der Waals surface area contributed by atoms with Gasteiger partial charge in [-0.15, -0.1) is 0 Å². The molecule has 1 unspecified atom stereocenters. The van der Waals surface area contributed by atoms with Crippen LogP contribution in [-0.4, -0.2) is 16.2 Å². The van der Waals surface area contributed by atoms with Crippen molar-refractivity contribution in [2.45, 2.75) is 19.9 Å². The van der Waals surface area contributed by atoms with Crippen LogP contribution in [0.25, 0.3) is 17.0 Å². The lowest BCUT2D eigenvalue weighted by Crippen LogP contribution is -2.46. The number of amides is 2. The summed E-state index contributed by atoms with van der Waals surface area (Å²) in [6.07, 6.45) is 0. The number of allylic oxidation sites excluding steroid dienone is 1. The van der Waals surface area contributed by atoms with E-state index in [1.807, 2.05) is 80.6 Å². The number of nitrogens with zero attached hydrogens (tertiary/aromatic N) is 3. The molecule has 0 radical (unpaired) electrons. The van der Waals surface area contributed by atoms with E-state index in [0.717, 1.165) is 33.6 Å². The minimum Gasteiger partial charge on any atom is -0.334 e. The number of nitrogens with one attached hydrogen (secondary N) is 1. The molecule has 0 saturated heterocycles. The molecule has 1 atom stereocenters. The molecule has 164 valence electrons. The number of benzene rings is 3. The van der Waals surface area contributed by atoms with Crippen molar-refractivity contribution < 1.29 is 9.32 Å². The summed E-state index contributed by atoms with van der Waals surface area (Å²) in [5.41, 5.74) is 5.01. The van der Waals surface area contributed by atoms with Crippen molar-refractivity contribution in [2.24, 2.45) is 0 Å². The van der Waals surface area contributed by atoms with Crippen molar-refractivity contribution in [3.05, 3.63) is 107 Å². The van der Waals surface area contributed by atoms with E-state index in [2.05, 4.69) is 15.5 Å². The summed E-state index contributed by atoms with van der Waals surface area (Å²) in [6.45, 7) is 3.91. The second-order valence-electron chi connectivity index (χ2n) is 7.90. The largest absolute Gasteiger partial charge is 0.334 e. The van der Waals surface area contributed by atoms with Gasteiger partial charge in [-0.05, 0) is 43.7 Å². The molecule has 2 heterocycles. The Kier molecular flexibility index (Phi) is 5.44. The lowest BCUT2D eigenvalue weighted by atomic mass is 9.94. The number of carbonyl (C=O) groups is 1. The van der Waals surface area contributed by atoms with E-state index in [1.165, 1.54) is 0 Å². The molecule has 0 spiro atoms. The number of hydrogen-bond acceptors (Lipinski definition) is 4. The normalized spacial score (nSPS) is 16.2. The molecule has 0 saturated carbocycles. The van der Waals surface area contributed by atoms with Gasteiger partial charge >= 0.3 is 6.03 Å². The number of halogens is 1. The Labute approximate surface area is 196 Å². The van der Waals surface area contributed by atoms with Crippen LogP contribution >= 0.6 is 11.6 Å². The maximum atomic E-state index is 13.2. The van der Waals surface area contributed by atoms with Crippen LogP contribution in [0, 0.1) is 6.92 Å². The molecule has 0 bridgehead atoms. The van der Waals surface area contributed by atoms with Crippen molar-refractivity contribution in [3.8, 4) is 11.4 Å². The van der Waals surface area contributed by atoms with E-state index in [1.54, 1.807) is 17.0 Å². The maximum absolute atomic E-state index is 13.2. The number of carbonyl (C=O) groups excluding carboxylic acids is 1. The highest BCUT2D eigenvalue weighted by atomic mass is 35.5. The molecule has 0 fully saturated rings. The van der Waals surface area contributed by atoms with Crippen molar-refractivity contribution in [3.63, 3.8) is 0 Å². The number of aryl methyl sites for hydroxylation is 1. The molecule has 3 aromatic carbocycles. The second-order valence-corrected chi connectivity index (χ2v) is 8.33. The van der Waals surface area contributed by atoms with Crippen LogP contribution in [0.15, 0.2) is 89.1 Å². The monoisotopic (exact) mass is 456 g/mol. The predicted octanol–water partition coefficient (Wildman–Crippen LogP) is 6.40. The first kappa shape index (κ1) is 21.0. The minimum absolute atomic E-state index is 0.219. The summed E-state index contributed by atoms with van der Waals surface area (Å²) in [6, 6.07) is 24.2. The van der Waals surface area contributed by atoms with E-state index in [0.29, 0.717) is 16.7 Å². The van der Waals surface area contributed by atoms with E-state index in [4.69, 9.17) is 16.1 Å². The number of aromatic nitrogens is 2. The SMILES string of the molecule is CC1=C(c2nc(-c3cccc(Cl)c3)no2)C(c2ccccc2)NC(=O)N1c1ccc(C)cc1. The van der Waals surface area contributed by atoms with Gasteiger partial charge in [-0.25, -0.2) is 4.79 Å². The van der Waals surface area contributed by atoms with Gasteiger partial charge < -0.3 is 9.84 Å². The maximum Gasteiger partial charge on any atom is 0.326 e. The molecule has 1 N–H and O–H groups in total. The zero-order valence-corrected chi connectivity index (χ0v) is 18.9. The number of urea groups is 1. The summed E-state index contributed by atoms with van der Waals surface area (Å²) < 4.78 is 5.72. The van der Waals surface area contributed by atoms with E-state index in [-0.39, 0.29) is 6.03 Å². The van der Waals surface area contributed by atoms with Crippen molar-refractivity contribution in [2.75, 3.05) is 4.90 Å². The zero-order chi connectivity index (χ0) is 22.9. The van der Waals surface area contributed by atoms with Gasteiger partial charge in [0.1, 0.15) is 0 Å². The fourth-order valence-electron chi connectivity index (χ4n) is 4.00. The molecule has 5 rings (SSSR count). The van der Waals surface area contributed by atoms with Crippen LogP contribution in [0.3, 0.4) is 0 Å². The molecule has 7 heteroatoms. The minimum atomic E-state index is -0.437. The third-order valence-electron chi connectivity index (χ3n) is 5.65. The summed E-state index contributed by atoms with van der Waals surface area (Å²) >= 11 is 6.14. The zero-order valence-electron chi connectivity index (χ0n) is 18.1. The molecule has 1 aromatic heterocycles. The predicted molar refractivity (Wildman–Crippen MR) is 129 cm³/mol. The van der Waals surface area contributed by atoms with Gasteiger partial charge in [-0.2, -0.15) is 4.98 Å². The average molecular weight is 457 g/mol. The fraction of sp³-hybridized carbons (Fsp3) is 0.115. The van der Waals surface area contributed by atoms with Crippen molar-refractivity contribution >= 4 is 28.9 Å². The molecule has 0 aliphatic carbocycles. The Bertz CT molecular complexity index is 1350. The van der Waals surface area contributed by atoms with Crippen LogP contribution in [0.1, 0.15) is 30.0 Å². The topological polar surface area (TPSA) is 71.3 Å². The molecular weight excluding hydrogens is 436 g/mol. The Morgan fingerprint density at radius 2 is 1.73 bits per heavy atom. The first-order valence-corrected chi connectivity index (χ1v) is 10.9. The summed E-state index contributed by atoms with van der Waals surface area (Å²) in [5, 5.41) is 7.89. The number of rotatable bonds is 4. The van der Waals surface area contributed by atoms with E-state index < -0.39 is 6.04 Å². The van der Waals surface area contributed by atoms with Crippen LogP contribution in [0.2, 0.25) is 5.02 Å². The first-order chi connectivity index (χ1) is 16.0. The smallest absolute Gasteiger partial charge is 0.326 e. The van der Waals surface area contributed by atoms with Gasteiger partial charge in [-0.3, -0.25) is 4.90 Å². The third-order valence-corrected chi connectivity index (χ3v) is 5.88. The molecule has 4 aromatic rings. The van der Waals surface area contributed by atoms with E-state index in [9.17, 15) is 4.79 Å². The highest BCUT2D eigenvalue weighted by molar-refractivity contribution is 6.30. The molecule has 6 nitrogen and oxygen atoms in total. The Balaban J connectivity index is 1.65. The van der Waals surface area contributed by atoms with Crippen LogP contribution in [0.5, 0.6) is 0 Å². The van der Waals surface area contributed by atoms with Crippen molar-refractivity contribution in [1.29, 1.82) is 0 Å². The molecule has 2 amide bonds. The van der Waals surface area contributed by atoms with Crippen molar-refractivity contribution in [1.82, 2.24) is 15.5 Å². The lowest BCUT2D eigenvalue weighted by molar-refractivity contribution is 0.244. The third kappa shape index (κ3) is 4.01. The molecule has 1 aliphatic rings. The number of anilines is 1. The van der Waals surface area contributed by atoms with Gasteiger partial charge in [0.25, 0.3) is 5.89 Å². The fourth-order valence-corrected chi connectivity index (χ4v) is 4.19. The molecule has 1 aliphatic heterocycles. The molecular formula is C26H21ClN4O2. The molecule has 33 heavy (non-hydrogen) atoms. The quantitative estimate of drug-likeness (QED) is 0.385. The van der Waals surface area contributed by atoms with Gasteiger partial charge in [0.15, 0.2) is 0 Å². The summed E-state index contributed by atoms with van der Waals surface area (Å²) in [7, 11) is 0. The summed E-state index contributed by atoms with van der Waals surface area (Å²) in [5.74, 6) is 0.770. The lowest BCUT2D eigenvalue weighted by Gasteiger charge is -2.35. The highest BCUT2D eigenvalue weighted by Crippen LogP contribution is 2.39. The highest BCUT2D eigenvalue weighted by Gasteiger charge is 2.36. The van der Waals surface area contributed by atoms with Gasteiger partial charge in [0.05, 0.1) is 17.3 Å². The first-order valence-electron chi connectivity index (χ1n) is 10.5. The number of hydrogen-bond donors (Lipinski definition) is 1. The van der Waals surface area contributed by atoms with Gasteiger partial charge in [0, 0.05) is 16.3 Å². The van der Waals surface area contributed by atoms with Crippen LogP contribution < -0.4 is 10.2 Å².